The van der Waals surface area contributed by atoms with E-state index in [9.17, 15) is 4.79 Å². The molecule has 6 nitrogen and oxygen atoms in total. The summed E-state index contributed by atoms with van der Waals surface area (Å²) < 4.78 is 12.5. The van der Waals surface area contributed by atoms with E-state index in [2.05, 4.69) is 5.10 Å². The lowest BCUT2D eigenvalue weighted by Crippen LogP contribution is -2.12. The Balaban J connectivity index is 2.03. The van der Waals surface area contributed by atoms with Crippen LogP contribution in [0.4, 0.5) is 0 Å². The molecule has 0 aliphatic heterocycles. The number of carbonyl (C=O) groups excluding carboxylic acids is 1. The molecule has 2 heterocycles. The van der Waals surface area contributed by atoms with Crippen LogP contribution in [-0.2, 0) is 0 Å². The van der Waals surface area contributed by atoms with Gasteiger partial charge in [-0.2, -0.15) is 5.10 Å². The number of pyridine rings is 1. The van der Waals surface area contributed by atoms with Crippen LogP contribution in [-0.4, -0.2) is 27.8 Å². The Morgan fingerprint density at radius 2 is 1.73 bits per heavy atom. The van der Waals surface area contributed by atoms with Gasteiger partial charge in [-0.1, -0.05) is 13.8 Å². The summed E-state index contributed by atoms with van der Waals surface area (Å²) in [6.45, 7) is 8.16. The van der Waals surface area contributed by atoms with E-state index < -0.39 is 5.97 Å². The third-order valence-electron chi connectivity index (χ3n) is 4.16. The number of esters is 1. The topological polar surface area (TPSA) is 66.2 Å². The van der Waals surface area contributed by atoms with E-state index in [0.717, 1.165) is 5.69 Å². The van der Waals surface area contributed by atoms with Gasteiger partial charge in [0.1, 0.15) is 11.5 Å². The van der Waals surface area contributed by atoms with Crippen LogP contribution < -0.4 is 9.47 Å². The summed E-state index contributed by atoms with van der Waals surface area (Å²) in [5.74, 6) is 0.926. The standard InChI is InChI=1S/C20H23N3O3/c1-12(2)18-10-16(17-11-21-23(13(3)4)19(17)22-18)20(24)26-15-8-6-14(25-5)7-9-15/h6-13H,1-5H3. The van der Waals surface area contributed by atoms with Crippen LogP contribution in [0.25, 0.3) is 11.0 Å². The van der Waals surface area contributed by atoms with E-state index in [-0.39, 0.29) is 12.0 Å². The number of aromatic nitrogens is 3. The van der Waals surface area contributed by atoms with Crippen LogP contribution in [0.5, 0.6) is 11.5 Å². The second-order valence-electron chi connectivity index (χ2n) is 6.73. The first-order valence-corrected chi connectivity index (χ1v) is 8.65. The van der Waals surface area contributed by atoms with E-state index in [0.29, 0.717) is 28.1 Å². The molecule has 0 N–H and O–H groups in total. The van der Waals surface area contributed by atoms with Crippen LogP contribution in [0.1, 0.15) is 55.7 Å². The molecule has 0 radical (unpaired) electrons. The Kier molecular flexibility index (Phi) is 4.93. The van der Waals surface area contributed by atoms with Crippen molar-refractivity contribution < 1.29 is 14.3 Å². The second-order valence-corrected chi connectivity index (χ2v) is 6.73. The largest absolute Gasteiger partial charge is 0.497 e. The third kappa shape index (κ3) is 3.40. The van der Waals surface area contributed by atoms with Gasteiger partial charge in [0.2, 0.25) is 0 Å². The molecule has 3 aromatic rings. The van der Waals surface area contributed by atoms with Gasteiger partial charge in [0.05, 0.1) is 24.3 Å². The number of hydrogen-bond acceptors (Lipinski definition) is 5. The molecular weight excluding hydrogens is 330 g/mol. The van der Waals surface area contributed by atoms with Crippen molar-refractivity contribution >= 4 is 17.0 Å². The number of hydrogen-bond donors (Lipinski definition) is 0. The number of carbonyl (C=O) groups is 1. The van der Waals surface area contributed by atoms with Crippen LogP contribution in [0.15, 0.2) is 36.5 Å². The summed E-state index contributed by atoms with van der Waals surface area (Å²) in [7, 11) is 1.59. The van der Waals surface area contributed by atoms with Gasteiger partial charge in [-0.15, -0.1) is 0 Å². The molecule has 0 fully saturated rings. The number of fused-ring (bicyclic) bond motifs is 1. The van der Waals surface area contributed by atoms with Crippen molar-refractivity contribution in [1.29, 1.82) is 0 Å². The number of methoxy groups -OCH3 is 1. The highest BCUT2D eigenvalue weighted by molar-refractivity contribution is 6.03. The van der Waals surface area contributed by atoms with Gasteiger partial charge in [-0.05, 0) is 50.1 Å². The predicted molar refractivity (Wildman–Crippen MR) is 100.0 cm³/mol. The molecular formula is C20H23N3O3. The average Bonchev–Trinajstić information content (AvgIpc) is 3.05. The van der Waals surface area contributed by atoms with E-state index >= 15 is 0 Å². The normalized spacial score (nSPS) is 11.3. The van der Waals surface area contributed by atoms with Crippen LogP contribution in [0.3, 0.4) is 0 Å². The first-order valence-electron chi connectivity index (χ1n) is 8.65. The predicted octanol–water partition coefficient (Wildman–Crippen LogP) is 4.36. The number of ether oxygens (including phenoxy) is 2. The lowest BCUT2D eigenvalue weighted by Gasteiger charge is -2.12. The molecule has 0 aliphatic carbocycles. The Hall–Kier alpha value is -2.89. The van der Waals surface area contributed by atoms with E-state index in [1.54, 1.807) is 43.6 Å². The summed E-state index contributed by atoms with van der Waals surface area (Å²) in [6.07, 6.45) is 1.68. The molecule has 0 spiro atoms. The molecule has 2 aromatic heterocycles. The smallest absolute Gasteiger partial charge is 0.344 e. The van der Waals surface area contributed by atoms with Crippen molar-refractivity contribution in [3.63, 3.8) is 0 Å². The number of nitrogens with zero attached hydrogens (tertiary/aromatic N) is 3. The van der Waals surface area contributed by atoms with Crippen molar-refractivity contribution in [2.75, 3.05) is 7.11 Å². The van der Waals surface area contributed by atoms with Gasteiger partial charge in [0.25, 0.3) is 0 Å². The van der Waals surface area contributed by atoms with Gasteiger partial charge in [-0.3, -0.25) is 0 Å². The highest BCUT2D eigenvalue weighted by Gasteiger charge is 2.20. The molecule has 0 saturated heterocycles. The maximum Gasteiger partial charge on any atom is 0.344 e. The minimum atomic E-state index is -0.423. The first kappa shape index (κ1) is 17.9. The summed E-state index contributed by atoms with van der Waals surface area (Å²) in [5.41, 5.74) is 2.01. The fourth-order valence-corrected chi connectivity index (χ4v) is 2.69. The maximum atomic E-state index is 12.8. The van der Waals surface area contributed by atoms with Crippen molar-refractivity contribution in [3.05, 3.63) is 47.8 Å². The summed E-state index contributed by atoms with van der Waals surface area (Å²) in [6, 6.07) is 8.85. The molecule has 0 saturated carbocycles. The molecule has 0 aliphatic rings. The monoisotopic (exact) mass is 353 g/mol. The van der Waals surface area contributed by atoms with Crippen LogP contribution in [0, 0.1) is 0 Å². The average molecular weight is 353 g/mol. The highest BCUT2D eigenvalue weighted by atomic mass is 16.5. The number of rotatable bonds is 5. The zero-order valence-corrected chi connectivity index (χ0v) is 15.7. The fourth-order valence-electron chi connectivity index (χ4n) is 2.69. The number of benzene rings is 1. The Morgan fingerprint density at radius 3 is 2.31 bits per heavy atom. The minimum Gasteiger partial charge on any atom is -0.497 e. The molecule has 0 bridgehead atoms. The minimum absolute atomic E-state index is 0.146. The molecule has 26 heavy (non-hydrogen) atoms. The molecule has 1 aromatic carbocycles. The zero-order chi connectivity index (χ0) is 18.8. The Morgan fingerprint density at radius 1 is 1.08 bits per heavy atom. The zero-order valence-electron chi connectivity index (χ0n) is 15.7. The molecule has 0 amide bonds. The van der Waals surface area contributed by atoms with Gasteiger partial charge < -0.3 is 9.47 Å². The molecule has 3 rings (SSSR count). The van der Waals surface area contributed by atoms with Gasteiger partial charge in [0.15, 0.2) is 5.65 Å². The summed E-state index contributed by atoms with van der Waals surface area (Å²) >= 11 is 0. The van der Waals surface area contributed by atoms with Gasteiger partial charge >= 0.3 is 5.97 Å². The first-order chi connectivity index (χ1) is 12.4. The van der Waals surface area contributed by atoms with Gasteiger partial charge in [0, 0.05) is 11.7 Å². The van der Waals surface area contributed by atoms with Crippen molar-refractivity contribution in [2.45, 2.75) is 39.7 Å². The van der Waals surface area contributed by atoms with Crippen molar-refractivity contribution in [1.82, 2.24) is 14.8 Å². The SMILES string of the molecule is COc1ccc(OC(=O)c2cc(C(C)C)nc3c2cnn3C(C)C)cc1. The van der Waals surface area contributed by atoms with Crippen molar-refractivity contribution in [3.8, 4) is 11.5 Å². The van der Waals surface area contributed by atoms with Gasteiger partial charge in [-0.25, -0.2) is 14.5 Å². The quantitative estimate of drug-likeness (QED) is 0.503. The van der Waals surface area contributed by atoms with Crippen molar-refractivity contribution in [2.24, 2.45) is 0 Å². The molecule has 136 valence electrons. The molecule has 0 atom stereocenters. The fraction of sp³-hybridized carbons (Fsp3) is 0.350. The Labute approximate surface area is 152 Å². The summed E-state index contributed by atoms with van der Waals surface area (Å²) in [4.78, 5) is 17.5. The molecule has 0 unspecified atom stereocenters. The lowest BCUT2D eigenvalue weighted by atomic mass is 10.1. The molecule has 6 heteroatoms. The third-order valence-corrected chi connectivity index (χ3v) is 4.16. The highest BCUT2D eigenvalue weighted by Crippen LogP contribution is 2.26. The Bertz CT molecular complexity index is 927. The second kappa shape index (κ2) is 7.15. The summed E-state index contributed by atoms with van der Waals surface area (Å²) in [5, 5.41) is 5.09. The van der Waals surface area contributed by atoms with Crippen LogP contribution >= 0.6 is 0 Å². The van der Waals surface area contributed by atoms with E-state index in [1.807, 2.05) is 32.4 Å². The lowest BCUT2D eigenvalue weighted by molar-refractivity contribution is 0.0736. The van der Waals surface area contributed by atoms with Crippen LogP contribution in [0.2, 0.25) is 0 Å². The van der Waals surface area contributed by atoms with E-state index in [1.165, 1.54) is 0 Å². The maximum absolute atomic E-state index is 12.8. The van der Waals surface area contributed by atoms with E-state index in [4.69, 9.17) is 14.5 Å².